The third-order valence-electron chi connectivity index (χ3n) is 4.58. The van der Waals surface area contributed by atoms with E-state index in [9.17, 15) is 9.59 Å². The number of nitrogens with zero attached hydrogens (tertiary/aromatic N) is 2. The van der Waals surface area contributed by atoms with Crippen LogP contribution in [0.25, 0.3) is 0 Å². The number of amides is 2. The fourth-order valence-corrected chi connectivity index (χ4v) is 4.28. The zero-order valence-electron chi connectivity index (χ0n) is 11.3. The van der Waals surface area contributed by atoms with Gasteiger partial charge in [0.05, 0.1) is 9.98 Å². The van der Waals surface area contributed by atoms with E-state index in [0.717, 1.165) is 48.5 Å². The van der Waals surface area contributed by atoms with Crippen molar-refractivity contribution in [3.05, 3.63) is 0 Å². The van der Waals surface area contributed by atoms with Crippen molar-refractivity contribution in [2.45, 2.75) is 63.5 Å². The Morgan fingerprint density at radius 1 is 0.700 bits per heavy atom. The van der Waals surface area contributed by atoms with Gasteiger partial charge < -0.3 is 9.80 Å². The summed E-state index contributed by atoms with van der Waals surface area (Å²) in [5.41, 5.74) is 0. The number of carbonyl (C=O) groups is 2. The standard InChI is InChI=1S/C14H18N2O2S2/c17-11-5-7-13(19)15(11)9-1-2-10(4-3-9)16-12(18)6-8-14(16)20/h9-10H,1-8H2. The van der Waals surface area contributed by atoms with Crippen LogP contribution >= 0.6 is 24.4 Å². The molecule has 3 fully saturated rings. The molecule has 0 aromatic rings. The van der Waals surface area contributed by atoms with Crippen LogP contribution in [0.2, 0.25) is 0 Å². The molecule has 2 aliphatic heterocycles. The third-order valence-corrected chi connectivity index (χ3v) is 5.38. The molecule has 2 amide bonds. The highest BCUT2D eigenvalue weighted by atomic mass is 32.1. The molecule has 3 rings (SSSR count). The van der Waals surface area contributed by atoms with Crippen molar-refractivity contribution in [2.75, 3.05) is 0 Å². The molecule has 6 heteroatoms. The van der Waals surface area contributed by atoms with E-state index < -0.39 is 0 Å². The van der Waals surface area contributed by atoms with Crippen molar-refractivity contribution in [1.82, 2.24) is 9.80 Å². The zero-order valence-corrected chi connectivity index (χ0v) is 13.0. The lowest BCUT2D eigenvalue weighted by molar-refractivity contribution is -0.130. The van der Waals surface area contributed by atoms with Gasteiger partial charge in [0.25, 0.3) is 0 Å². The Labute approximate surface area is 129 Å². The molecule has 2 heterocycles. The van der Waals surface area contributed by atoms with Crippen LogP contribution in [-0.4, -0.2) is 43.7 Å². The number of rotatable bonds is 2. The minimum atomic E-state index is 0.172. The van der Waals surface area contributed by atoms with E-state index in [-0.39, 0.29) is 23.9 Å². The van der Waals surface area contributed by atoms with Gasteiger partial charge in [-0.05, 0) is 25.7 Å². The summed E-state index contributed by atoms with van der Waals surface area (Å²) in [6.07, 6.45) is 6.25. The average molecular weight is 310 g/mol. The Hall–Kier alpha value is -0.880. The Balaban J connectivity index is 1.62. The zero-order chi connectivity index (χ0) is 14.3. The van der Waals surface area contributed by atoms with E-state index in [4.69, 9.17) is 24.4 Å². The largest absolute Gasteiger partial charge is 0.303 e. The summed E-state index contributed by atoms with van der Waals surface area (Å²) in [6.45, 7) is 0. The summed E-state index contributed by atoms with van der Waals surface area (Å²) in [6, 6.07) is 0.472. The monoisotopic (exact) mass is 310 g/mol. The van der Waals surface area contributed by atoms with Crippen molar-refractivity contribution < 1.29 is 9.59 Å². The van der Waals surface area contributed by atoms with Gasteiger partial charge in [-0.2, -0.15) is 0 Å². The molecule has 0 spiro atoms. The van der Waals surface area contributed by atoms with E-state index in [1.54, 1.807) is 0 Å². The molecule has 1 saturated carbocycles. The molecular weight excluding hydrogens is 292 g/mol. The second-order valence-electron chi connectivity index (χ2n) is 5.78. The van der Waals surface area contributed by atoms with Crippen LogP contribution in [-0.2, 0) is 9.59 Å². The molecule has 0 aromatic heterocycles. The van der Waals surface area contributed by atoms with E-state index in [0.29, 0.717) is 12.8 Å². The van der Waals surface area contributed by atoms with Gasteiger partial charge in [-0.25, -0.2) is 0 Å². The maximum atomic E-state index is 11.9. The van der Waals surface area contributed by atoms with Gasteiger partial charge >= 0.3 is 0 Å². The highest BCUT2D eigenvalue weighted by Gasteiger charge is 2.38. The van der Waals surface area contributed by atoms with Crippen LogP contribution in [0.4, 0.5) is 0 Å². The number of carbonyl (C=O) groups excluding carboxylic acids is 2. The third kappa shape index (κ3) is 2.39. The summed E-state index contributed by atoms with van der Waals surface area (Å²) in [7, 11) is 0. The van der Waals surface area contributed by atoms with Gasteiger partial charge in [-0.1, -0.05) is 24.4 Å². The fourth-order valence-electron chi connectivity index (χ4n) is 3.58. The molecule has 20 heavy (non-hydrogen) atoms. The van der Waals surface area contributed by atoms with Gasteiger partial charge in [-0.15, -0.1) is 0 Å². The number of hydrogen-bond donors (Lipinski definition) is 0. The first kappa shape index (κ1) is 14.1. The van der Waals surface area contributed by atoms with E-state index in [1.165, 1.54) is 0 Å². The van der Waals surface area contributed by atoms with E-state index >= 15 is 0 Å². The number of likely N-dealkylation sites (tertiary alicyclic amines) is 2. The number of thiocarbonyl (C=S) groups is 2. The Morgan fingerprint density at radius 3 is 1.30 bits per heavy atom. The molecule has 0 unspecified atom stereocenters. The predicted molar refractivity (Wildman–Crippen MR) is 83.4 cm³/mol. The molecular formula is C14H18N2O2S2. The first-order valence-electron chi connectivity index (χ1n) is 7.27. The summed E-state index contributed by atoms with van der Waals surface area (Å²) >= 11 is 10.6. The first-order chi connectivity index (χ1) is 9.58. The molecule has 0 aromatic carbocycles. The average Bonchev–Trinajstić information content (AvgIpc) is 2.94. The van der Waals surface area contributed by atoms with Crippen LogP contribution in [0.1, 0.15) is 51.4 Å². The van der Waals surface area contributed by atoms with Crippen LogP contribution in [0.5, 0.6) is 0 Å². The Morgan fingerprint density at radius 2 is 1.05 bits per heavy atom. The lowest BCUT2D eigenvalue weighted by Crippen LogP contribution is -2.46. The molecule has 0 N–H and O–H groups in total. The lowest BCUT2D eigenvalue weighted by Gasteiger charge is -2.38. The Bertz CT molecular complexity index is 408. The molecule has 3 aliphatic rings. The van der Waals surface area contributed by atoms with Crippen LogP contribution in [0, 0.1) is 0 Å². The van der Waals surface area contributed by atoms with Crippen molar-refractivity contribution in [1.29, 1.82) is 0 Å². The molecule has 2 saturated heterocycles. The minimum absolute atomic E-state index is 0.172. The summed E-state index contributed by atoms with van der Waals surface area (Å²) in [4.78, 5) is 29.0. The van der Waals surface area contributed by atoms with Gasteiger partial charge in [0.15, 0.2) is 0 Å². The summed E-state index contributed by atoms with van der Waals surface area (Å²) < 4.78 is 0. The fraction of sp³-hybridized carbons (Fsp3) is 0.714. The van der Waals surface area contributed by atoms with Crippen LogP contribution in [0.3, 0.4) is 0 Å². The van der Waals surface area contributed by atoms with Gasteiger partial charge in [-0.3, -0.25) is 9.59 Å². The van der Waals surface area contributed by atoms with Crippen molar-refractivity contribution >= 4 is 46.2 Å². The molecule has 0 atom stereocenters. The quantitative estimate of drug-likeness (QED) is 0.733. The normalized spacial score (nSPS) is 31.6. The van der Waals surface area contributed by atoms with Crippen molar-refractivity contribution in [3.8, 4) is 0 Å². The first-order valence-corrected chi connectivity index (χ1v) is 8.09. The van der Waals surface area contributed by atoms with Crippen LogP contribution < -0.4 is 0 Å². The molecule has 0 radical (unpaired) electrons. The molecule has 0 bridgehead atoms. The van der Waals surface area contributed by atoms with Crippen LogP contribution in [0.15, 0.2) is 0 Å². The number of hydrogen-bond acceptors (Lipinski definition) is 4. The van der Waals surface area contributed by atoms with E-state index in [1.807, 2.05) is 9.80 Å². The van der Waals surface area contributed by atoms with Gasteiger partial charge in [0, 0.05) is 37.8 Å². The molecule has 108 valence electrons. The predicted octanol–water partition coefficient (Wildman–Crippen LogP) is 2.20. The molecule has 4 nitrogen and oxygen atoms in total. The molecule has 1 aliphatic carbocycles. The van der Waals surface area contributed by atoms with Gasteiger partial charge in [0.1, 0.15) is 0 Å². The topological polar surface area (TPSA) is 40.6 Å². The minimum Gasteiger partial charge on any atom is -0.303 e. The maximum absolute atomic E-state index is 11.9. The van der Waals surface area contributed by atoms with Crippen molar-refractivity contribution in [2.24, 2.45) is 0 Å². The Kier molecular flexibility index (Phi) is 3.86. The highest BCUT2D eigenvalue weighted by Crippen LogP contribution is 2.32. The lowest BCUT2D eigenvalue weighted by atomic mass is 9.89. The van der Waals surface area contributed by atoms with Crippen molar-refractivity contribution in [3.63, 3.8) is 0 Å². The smallest absolute Gasteiger partial charge is 0.228 e. The van der Waals surface area contributed by atoms with E-state index in [2.05, 4.69) is 0 Å². The SMILES string of the molecule is O=C1CCC(=S)N1C1CCC(N2C(=O)CCC2=S)CC1. The second kappa shape index (κ2) is 5.48. The summed E-state index contributed by atoms with van der Waals surface area (Å²) in [5, 5.41) is 0. The van der Waals surface area contributed by atoms with Gasteiger partial charge in [0.2, 0.25) is 11.8 Å². The second-order valence-corrected chi connectivity index (χ2v) is 6.72. The maximum Gasteiger partial charge on any atom is 0.228 e. The summed E-state index contributed by atoms with van der Waals surface area (Å²) in [5.74, 6) is 0.345. The highest BCUT2D eigenvalue weighted by molar-refractivity contribution is 7.80.